The molecule has 0 spiro atoms. The molecule has 1 aliphatic rings. The van der Waals surface area contributed by atoms with Crippen LogP contribution in [-0.4, -0.2) is 93.1 Å². The zero-order valence-corrected chi connectivity index (χ0v) is 18.8. The molecular formula is C20H33N5O9. The summed E-state index contributed by atoms with van der Waals surface area (Å²) in [6, 6.07) is -4.97. The molecule has 0 aliphatic carbocycles. The highest BCUT2D eigenvalue weighted by Crippen LogP contribution is 2.19. The van der Waals surface area contributed by atoms with Gasteiger partial charge in [0.1, 0.15) is 18.1 Å². The van der Waals surface area contributed by atoms with Crippen molar-refractivity contribution in [2.45, 2.75) is 75.5 Å². The first kappa shape index (κ1) is 28.8. The maximum atomic E-state index is 12.9. The maximum Gasteiger partial charge on any atom is 0.326 e. The highest BCUT2D eigenvalue weighted by molar-refractivity contribution is 5.95. The maximum absolute atomic E-state index is 12.9. The highest BCUT2D eigenvalue weighted by atomic mass is 16.4. The minimum atomic E-state index is -1.36. The van der Waals surface area contributed by atoms with Crippen molar-refractivity contribution in [2.75, 3.05) is 13.1 Å². The van der Waals surface area contributed by atoms with E-state index < -0.39 is 72.6 Å². The molecule has 192 valence electrons. The number of amides is 3. The fraction of sp³-hybridized carbons (Fsp3) is 0.700. The lowest BCUT2D eigenvalue weighted by Crippen LogP contribution is -2.56. The van der Waals surface area contributed by atoms with E-state index in [1.165, 1.54) is 0 Å². The third-order valence-electron chi connectivity index (χ3n) is 5.39. The predicted molar refractivity (Wildman–Crippen MR) is 116 cm³/mol. The summed E-state index contributed by atoms with van der Waals surface area (Å²) in [6.07, 6.45) is 0.378. The van der Waals surface area contributed by atoms with Crippen molar-refractivity contribution < 1.29 is 44.1 Å². The largest absolute Gasteiger partial charge is 0.481 e. The molecule has 0 radical (unpaired) electrons. The Morgan fingerprint density at radius 1 is 0.941 bits per heavy atom. The summed E-state index contributed by atoms with van der Waals surface area (Å²) in [4.78, 5) is 72.6. The molecule has 1 fully saturated rings. The Hall–Kier alpha value is -3.26. The van der Waals surface area contributed by atoms with Gasteiger partial charge in [0.15, 0.2) is 0 Å². The lowest BCUT2D eigenvalue weighted by Gasteiger charge is -2.28. The van der Waals surface area contributed by atoms with E-state index in [1.807, 2.05) is 0 Å². The summed E-state index contributed by atoms with van der Waals surface area (Å²) < 4.78 is 0. The van der Waals surface area contributed by atoms with Gasteiger partial charge in [-0.3, -0.25) is 24.0 Å². The summed E-state index contributed by atoms with van der Waals surface area (Å²) in [7, 11) is 0. The molecule has 14 nitrogen and oxygen atoms in total. The molecule has 4 atom stereocenters. The van der Waals surface area contributed by atoms with E-state index in [4.69, 9.17) is 21.7 Å². The van der Waals surface area contributed by atoms with E-state index in [0.29, 0.717) is 25.8 Å². The van der Waals surface area contributed by atoms with E-state index in [2.05, 4.69) is 10.6 Å². The van der Waals surface area contributed by atoms with Crippen LogP contribution < -0.4 is 22.1 Å². The number of unbranched alkanes of at least 4 members (excludes halogenated alkanes) is 1. The number of likely N-dealkylation sites (tertiary alicyclic amines) is 1. The molecule has 0 aromatic rings. The van der Waals surface area contributed by atoms with E-state index in [0.717, 1.165) is 4.90 Å². The molecule has 14 heteroatoms. The number of nitrogens with one attached hydrogen (secondary N) is 2. The summed E-state index contributed by atoms with van der Waals surface area (Å²) in [5, 5.41) is 31.9. The van der Waals surface area contributed by atoms with Gasteiger partial charge in [-0.15, -0.1) is 0 Å². The molecule has 0 saturated carbocycles. The van der Waals surface area contributed by atoms with Gasteiger partial charge >= 0.3 is 17.9 Å². The predicted octanol–water partition coefficient (Wildman–Crippen LogP) is -2.17. The smallest absolute Gasteiger partial charge is 0.326 e. The summed E-state index contributed by atoms with van der Waals surface area (Å²) in [6.45, 7) is 0.517. The minimum absolute atomic E-state index is 0.101. The van der Waals surface area contributed by atoms with Crippen LogP contribution in [0.1, 0.15) is 51.4 Å². The van der Waals surface area contributed by atoms with Crippen molar-refractivity contribution in [1.29, 1.82) is 0 Å². The molecular weight excluding hydrogens is 454 g/mol. The van der Waals surface area contributed by atoms with Gasteiger partial charge in [0.25, 0.3) is 0 Å². The number of nitrogens with two attached hydrogens (primary N) is 2. The number of hydrogen-bond donors (Lipinski definition) is 7. The van der Waals surface area contributed by atoms with Crippen molar-refractivity contribution >= 4 is 35.6 Å². The molecule has 4 unspecified atom stereocenters. The van der Waals surface area contributed by atoms with E-state index >= 15 is 0 Å². The SMILES string of the molecule is NCCCCC(NC(=O)C(CCC(=O)O)NC(=O)C1CCCN1C(=O)C(N)CC(=O)O)C(=O)O. The zero-order chi connectivity index (χ0) is 25.8. The number of carboxylic acids is 3. The topological polar surface area (TPSA) is 242 Å². The highest BCUT2D eigenvalue weighted by Gasteiger charge is 2.38. The van der Waals surface area contributed by atoms with Crippen LogP contribution in [0.5, 0.6) is 0 Å². The number of hydrogen-bond acceptors (Lipinski definition) is 8. The molecule has 0 bridgehead atoms. The Kier molecular flexibility index (Phi) is 11.9. The summed E-state index contributed by atoms with van der Waals surface area (Å²) in [5.41, 5.74) is 11.0. The van der Waals surface area contributed by atoms with Crippen molar-refractivity contribution in [2.24, 2.45) is 11.5 Å². The van der Waals surface area contributed by atoms with Gasteiger partial charge in [0.2, 0.25) is 17.7 Å². The van der Waals surface area contributed by atoms with Gasteiger partial charge < -0.3 is 42.3 Å². The number of aliphatic carboxylic acids is 3. The molecule has 1 heterocycles. The van der Waals surface area contributed by atoms with Crippen molar-refractivity contribution in [1.82, 2.24) is 15.5 Å². The van der Waals surface area contributed by atoms with Crippen LogP contribution >= 0.6 is 0 Å². The normalized spacial score (nSPS) is 17.9. The van der Waals surface area contributed by atoms with Crippen LogP contribution in [0, 0.1) is 0 Å². The van der Waals surface area contributed by atoms with Gasteiger partial charge in [0, 0.05) is 13.0 Å². The Balaban J connectivity index is 2.92. The monoisotopic (exact) mass is 487 g/mol. The first-order valence-electron chi connectivity index (χ1n) is 11.0. The average Bonchev–Trinajstić information content (AvgIpc) is 3.24. The quantitative estimate of drug-likeness (QED) is 0.122. The Labute approximate surface area is 196 Å². The minimum Gasteiger partial charge on any atom is -0.481 e. The summed E-state index contributed by atoms with van der Waals surface area (Å²) in [5.74, 6) is -6.11. The second-order valence-corrected chi connectivity index (χ2v) is 8.07. The van der Waals surface area contributed by atoms with Crippen LogP contribution in [0.3, 0.4) is 0 Å². The average molecular weight is 488 g/mol. The Morgan fingerprint density at radius 3 is 2.18 bits per heavy atom. The zero-order valence-electron chi connectivity index (χ0n) is 18.8. The molecule has 0 aromatic heterocycles. The Bertz CT molecular complexity index is 776. The first-order chi connectivity index (χ1) is 16.0. The van der Waals surface area contributed by atoms with E-state index in [1.54, 1.807) is 0 Å². The fourth-order valence-corrected chi connectivity index (χ4v) is 3.62. The molecule has 34 heavy (non-hydrogen) atoms. The lowest BCUT2D eigenvalue weighted by atomic mass is 10.1. The van der Waals surface area contributed by atoms with Crippen molar-refractivity contribution in [3.8, 4) is 0 Å². The fourth-order valence-electron chi connectivity index (χ4n) is 3.62. The number of nitrogens with zero attached hydrogens (tertiary/aromatic N) is 1. The van der Waals surface area contributed by atoms with E-state index in [-0.39, 0.29) is 25.8 Å². The number of rotatable bonds is 15. The second-order valence-electron chi connectivity index (χ2n) is 8.07. The standard InChI is InChI=1S/C20H33N5O9/c21-8-2-1-4-13(20(33)34)24-17(30)12(6-7-15(26)27)23-18(31)14-5-3-9-25(14)19(32)11(22)10-16(28)29/h11-14H,1-10,21-22H2,(H,23,31)(H,24,30)(H,26,27)(H,28,29)(H,33,34). The Morgan fingerprint density at radius 2 is 1.62 bits per heavy atom. The van der Waals surface area contributed by atoms with Gasteiger partial charge in [-0.05, 0) is 45.1 Å². The first-order valence-corrected chi connectivity index (χ1v) is 11.0. The molecule has 1 aliphatic heterocycles. The van der Waals surface area contributed by atoms with Gasteiger partial charge in [-0.1, -0.05) is 0 Å². The molecule has 0 aromatic carbocycles. The van der Waals surface area contributed by atoms with Crippen LogP contribution in [0.2, 0.25) is 0 Å². The summed E-state index contributed by atoms with van der Waals surface area (Å²) >= 11 is 0. The van der Waals surface area contributed by atoms with Crippen molar-refractivity contribution in [3.63, 3.8) is 0 Å². The van der Waals surface area contributed by atoms with Crippen LogP contribution in [0.15, 0.2) is 0 Å². The molecule has 9 N–H and O–H groups in total. The van der Waals surface area contributed by atoms with Crippen LogP contribution in [0.4, 0.5) is 0 Å². The third kappa shape index (κ3) is 9.31. The van der Waals surface area contributed by atoms with Crippen molar-refractivity contribution in [3.05, 3.63) is 0 Å². The number of carbonyl (C=O) groups is 6. The van der Waals surface area contributed by atoms with Gasteiger partial charge in [-0.2, -0.15) is 0 Å². The molecule has 3 amide bonds. The lowest BCUT2D eigenvalue weighted by molar-refractivity contribution is -0.145. The van der Waals surface area contributed by atoms with Gasteiger partial charge in [0.05, 0.1) is 12.5 Å². The number of carboxylic acid groups (broad SMARTS) is 3. The molecule has 1 rings (SSSR count). The third-order valence-corrected chi connectivity index (χ3v) is 5.39. The second kappa shape index (κ2) is 14.1. The van der Waals surface area contributed by atoms with Gasteiger partial charge in [-0.25, -0.2) is 4.79 Å². The van der Waals surface area contributed by atoms with E-state index in [9.17, 15) is 33.9 Å². The molecule has 1 saturated heterocycles. The number of carbonyl (C=O) groups excluding carboxylic acids is 3. The van der Waals surface area contributed by atoms with Crippen LogP contribution in [0.25, 0.3) is 0 Å². The van der Waals surface area contributed by atoms with Crippen LogP contribution in [-0.2, 0) is 28.8 Å².